The number of ether oxygens (including phenoxy) is 1. The molecular formula is C19H20FNO2. The van der Waals surface area contributed by atoms with Crippen molar-refractivity contribution in [2.24, 2.45) is 0 Å². The van der Waals surface area contributed by atoms with Gasteiger partial charge in [-0.15, -0.1) is 0 Å². The summed E-state index contributed by atoms with van der Waals surface area (Å²) in [5, 5.41) is 9.98. The molecule has 120 valence electrons. The van der Waals surface area contributed by atoms with Gasteiger partial charge in [0.1, 0.15) is 17.3 Å². The van der Waals surface area contributed by atoms with Crippen molar-refractivity contribution in [1.29, 1.82) is 0 Å². The molecule has 0 atom stereocenters. The average molecular weight is 313 g/mol. The standard InChI is InChI=1S/C19H20FNO2/c1-23-18-6-7-19(22)16(12-18)13-21-10-8-15(9-11-21)14-2-4-17(20)5-3-14/h2-8,12,22H,9-11,13H2,1H3. The molecule has 0 saturated heterocycles. The van der Waals surface area contributed by atoms with E-state index in [2.05, 4.69) is 11.0 Å². The lowest BCUT2D eigenvalue weighted by Crippen LogP contribution is -2.28. The molecule has 0 aliphatic carbocycles. The summed E-state index contributed by atoms with van der Waals surface area (Å²) in [4.78, 5) is 2.27. The minimum Gasteiger partial charge on any atom is -0.508 e. The van der Waals surface area contributed by atoms with E-state index in [0.29, 0.717) is 12.3 Å². The molecule has 3 rings (SSSR count). The smallest absolute Gasteiger partial charge is 0.123 e. The molecule has 0 spiro atoms. The molecule has 1 aliphatic rings. The van der Waals surface area contributed by atoms with E-state index in [9.17, 15) is 9.50 Å². The molecule has 1 heterocycles. The van der Waals surface area contributed by atoms with Crippen LogP contribution in [0.5, 0.6) is 11.5 Å². The van der Waals surface area contributed by atoms with Gasteiger partial charge in [0.25, 0.3) is 0 Å². The Kier molecular flexibility index (Phi) is 4.63. The van der Waals surface area contributed by atoms with E-state index in [1.807, 2.05) is 18.2 Å². The summed E-state index contributed by atoms with van der Waals surface area (Å²) in [6.45, 7) is 2.39. The first-order chi connectivity index (χ1) is 11.2. The predicted molar refractivity (Wildman–Crippen MR) is 88.9 cm³/mol. The number of phenolic OH excluding ortho intramolecular Hbond substituents is 1. The zero-order valence-electron chi connectivity index (χ0n) is 13.1. The quantitative estimate of drug-likeness (QED) is 0.931. The first kappa shape index (κ1) is 15.6. The summed E-state index contributed by atoms with van der Waals surface area (Å²) in [7, 11) is 1.62. The van der Waals surface area contributed by atoms with E-state index in [4.69, 9.17) is 4.74 Å². The Morgan fingerprint density at radius 1 is 1.17 bits per heavy atom. The fourth-order valence-electron chi connectivity index (χ4n) is 2.84. The third-order valence-electron chi connectivity index (χ3n) is 4.19. The Morgan fingerprint density at radius 2 is 1.96 bits per heavy atom. The van der Waals surface area contributed by atoms with Gasteiger partial charge in [-0.2, -0.15) is 0 Å². The van der Waals surface area contributed by atoms with E-state index < -0.39 is 0 Å². The number of rotatable bonds is 4. The molecule has 0 amide bonds. The molecule has 2 aromatic carbocycles. The molecule has 4 heteroatoms. The van der Waals surface area contributed by atoms with E-state index >= 15 is 0 Å². The van der Waals surface area contributed by atoms with Crippen molar-refractivity contribution in [1.82, 2.24) is 4.90 Å². The maximum absolute atomic E-state index is 13.0. The molecule has 0 bridgehead atoms. The summed E-state index contributed by atoms with van der Waals surface area (Å²) in [5.74, 6) is 0.830. The molecule has 23 heavy (non-hydrogen) atoms. The number of nitrogens with zero attached hydrogens (tertiary/aromatic N) is 1. The molecule has 1 N–H and O–H groups in total. The van der Waals surface area contributed by atoms with Crippen molar-refractivity contribution < 1.29 is 14.2 Å². The van der Waals surface area contributed by atoms with E-state index in [1.54, 1.807) is 19.2 Å². The highest BCUT2D eigenvalue weighted by molar-refractivity contribution is 5.66. The first-order valence-electron chi connectivity index (χ1n) is 7.69. The fourth-order valence-corrected chi connectivity index (χ4v) is 2.84. The largest absolute Gasteiger partial charge is 0.508 e. The molecule has 0 fully saturated rings. The number of benzene rings is 2. The van der Waals surface area contributed by atoms with Gasteiger partial charge in [0.2, 0.25) is 0 Å². The van der Waals surface area contributed by atoms with Gasteiger partial charge in [0.15, 0.2) is 0 Å². The first-order valence-corrected chi connectivity index (χ1v) is 7.69. The monoisotopic (exact) mass is 313 g/mol. The van der Waals surface area contributed by atoms with Gasteiger partial charge < -0.3 is 9.84 Å². The van der Waals surface area contributed by atoms with Crippen LogP contribution >= 0.6 is 0 Å². The third-order valence-corrected chi connectivity index (χ3v) is 4.19. The van der Waals surface area contributed by atoms with Crippen LogP contribution in [0.2, 0.25) is 0 Å². The molecule has 2 aromatic rings. The minimum atomic E-state index is -0.208. The second-order valence-electron chi connectivity index (χ2n) is 5.72. The Balaban J connectivity index is 1.68. The van der Waals surface area contributed by atoms with Crippen LogP contribution in [0.1, 0.15) is 17.5 Å². The highest BCUT2D eigenvalue weighted by atomic mass is 19.1. The van der Waals surface area contributed by atoms with E-state index in [0.717, 1.165) is 36.4 Å². The molecule has 0 radical (unpaired) electrons. The SMILES string of the molecule is COc1ccc(O)c(CN2CC=C(c3ccc(F)cc3)CC2)c1. The van der Waals surface area contributed by atoms with Crippen molar-refractivity contribution in [2.45, 2.75) is 13.0 Å². The van der Waals surface area contributed by atoms with Crippen LogP contribution in [-0.4, -0.2) is 30.2 Å². The second kappa shape index (κ2) is 6.84. The van der Waals surface area contributed by atoms with Gasteiger partial charge in [-0.3, -0.25) is 4.90 Å². The van der Waals surface area contributed by atoms with Crippen LogP contribution in [0, 0.1) is 5.82 Å². The van der Waals surface area contributed by atoms with Gasteiger partial charge in [0, 0.05) is 25.2 Å². The Bertz CT molecular complexity index is 710. The van der Waals surface area contributed by atoms with Crippen LogP contribution < -0.4 is 4.74 Å². The van der Waals surface area contributed by atoms with Gasteiger partial charge in [-0.25, -0.2) is 4.39 Å². The van der Waals surface area contributed by atoms with Crippen LogP contribution in [0.15, 0.2) is 48.5 Å². The number of hydrogen-bond donors (Lipinski definition) is 1. The number of methoxy groups -OCH3 is 1. The van der Waals surface area contributed by atoms with Gasteiger partial charge in [0.05, 0.1) is 7.11 Å². The molecule has 0 aromatic heterocycles. The minimum absolute atomic E-state index is 0.208. The summed E-state index contributed by atoms with van der Waals surface area (Å²) >= 11 is 0. The molecule has 0 unspecified atom stereocenters. The molecule has 0 saturated carbocycles. The Morgan fingerprint density at radius 3 is 2.61 bits per heavy atom. The van der Waals surface area contributed by atoms with Crippen LogP contribution in [0.4, 0.5) is 4.39 Å². The Hall–Kier alpha value is -2.33. The highest BCUT2D eigenvalue weighted by Crippen LogP contribution is 2.27. The maximum Gasteiger partial charge on any atom is 0.123 e. The second-order valence-corrected chi connectivity index (χ2v) is 5.72. The van der Waals surface area contributed by atoms with Crippen LogP contribution in [0.25, 0.3) is 5.57 Å². The average Bonchev–Trinajstić information content (AvgIpc) is 2.58. The van der Waals surface area contributed by atoms with Crippen molar-refractivity contribution >= 4 is 5.57 Å². The van der Waals surface area contributed by atoms with Gasteiger partial charge in [-0.1, -0.05) is 18.2 Å². The van der Waals surface area contributed by atoms with Gasteiger partial charge >= 0.3 is 0 Å². The van der Waals surface area contributed by atoms with Crippen molar-refractivity contribution in [3.05, 3.63) is 65.5 Å². The lowest BCUT2D eigenvalue weighted by molar-refractivity contribution is 0.288. The lowest BCUT2D eigenvalue weighted by Gasteiger charge is -2.27. The lowest BCUT2D eigenvalue weighted by atomic mass is 9.99. The van der Waals surface area contributed by atoms with Gasteiger partial charge in [-0.05, 0) is 47.9 Å². The third kappa shape index (κ3) is 3.71. The Labute approximate surface area is 135 Å². The zero-order valence-corrected chi connectivity index (χ0v) is 13.1. The van der Waals surface area contributed by atoms with Crippen molar-refractivity contribution in [3.8, 4) is 11.5 Å². The topological polar surface area (TPSA) is 32.7 Å². The predicted octanol–water partition coefficient (Wildman–Crippen LogP) is 3.83. The number of hydrogen-bond acceptors (Lipinski definition) is 3. The number of phenols is 1. The fraction of sp³-hybridized carbons (Fsp3) is 0.263. The number of halogens is 1. The van der Waals surface area contributed by atoms with Crippen LogP contribution in [-0.2, 0) is 6.54 Å². The van der Waals surface area contributed by atoms with E-state index in [-0.39, 0.29) is 5.82 Å². The summed E-state index contributed by atoms with van der Waals surface area (Å²) < 4.78 is 18.2. The molecule has 3 nitrogen and oxygen atoms in total. The van der Waals surface area contributed by atoms with E-state index in [1.165, 1.54) is 17.7 Å². The normalized spacial score (nSPS) is 15.3. The number of aromatic hydroxyl groups is 1. The maximum atomic E-state index is 13.0. The highest BCUT2D eigenvalue weighted by Gasteiger charge is 2.15. The molecule has 1 aliphatic heterocycles. The molecular weight excluding hydrogens is 293 g/mol. The zero-order chi connectivity index (χ0) is 16.2. The van der Waals surface area contributed by atoms with Crippen molar-refractivity contribution in [2.75, 3.05) is 20.2 Å². The summed E-state index contributed by atoms with van der Waals surface area (Å²) in [6, 6.07) is 11.9. The summed E-state index contributed by atoms with van der Waals surface area (Å²) in [6.07, 6.45) is 3.09. The summed E-state index contributed by atoms with van der Waals surface area (Å²) in [5.41, 5.74) is 3.19. The van der Waals surface area contributed by atoms with Crippen molar-refractivity contribution in [3.63, 3.8) is 0 Å². The van der Waals surface area contributed by atoms with Crippen LogP contribution in [0.3, 0.4) is 0 Å².